The van der Waals surface area contributed by atoms with Gasteiger partial charge in [-0.2, -0.15) is 4.91 Å². The van der Waals surface area contributed by atoms with Crippen molar-refractivity contribution in [1.29, 1.82) is 0 Å². The lowest BCUT2D eigenvalue weighted by atomic mass is 10.1. The van der Waals surface area contributed by atoms with Gasteiger partial charge in [0.25, 0.3) is 0 Å². The van der Waals surface area contributed by atoms with Gasteiger partial charge in [-0.05, 0) is 11.6 Å². The normalized spacial score (nSPS) is 13.1. The first kappa shape index (κ1) is 8.99. The highest BCUT2D eigenvalue weighted by Crippen LogP contribution is 2.27. The van der Waals surface area contributed by atoms with Crippen molar-refractivity contribution in [2.45, 2.75) is 6.42 Å². The molecule has 1 aromatic carbocycles. The minimum Gasteiger partial charge on any atom is -0.493 e. The largest absolute Gasteiger partial charge is 0.493 e. The summed E-state index contributed by atoms with van der Waals surface area (Å²) in [6, 6.07) is 6.02. The van der Waals surface area contributed by atoms with Crippen LogP contribution in [0.1, 0.15) is 5.56 Å². The fraction of sp³-hybridized carbons (Fsp3) is 0.400. The Morgan fingerprint density at radius 3 is 3.29 bits per heavy atom. The van der Waals surface area contributed by atoms with E-state index in [-0.39, 0.29) is 6.54 Å². The molecular formula is C10H12N2O2. The zero-order valence-electron chi connectivity index (χ0n) is 7.82. The summed E-state index contributed by atoms with van der Waals surface area (Å²) in [6.45, 7) is 1.63. The molecule has 0 spiro atoms. The molecule has 1 aliphatic heterocycles. The molecule has 0 saturated carbocycles. The number of nitroso groups, excluding NO2 is 1. The highest BCUT2D eigenvalue weighted by molar-refractivity contribution is 5.53. The van der Waals surface area contributed by atoms with E-state index < -0.39 is 0 Å². The zero-order chi connectivity index (χ0) is 9.80. The third-order valence-corrected chi connectivity index (χ3v) is 2.23. The SMILES string of the molecule is O=NCCNc1ccc2c(c1)OCC2. The summed E-state index contributed by atoms with van der Waals surface area (Å²) in [6.07, 6.45) is 0.992. The van der Waals surface area contributed by atoms with Crippen molar-refractivity contribution in [3.8, 4) is 5.75 Å². The predicted molar refractivity (Wildman–Crippen MR) is 54.8 cm³/mol. The minimum absolute atomic E-state index is 0.290. The average Bonchev–Trinajstić information content (AvgIpc) is 2.65. The third-order valence-electron chi connectivity index (χ3n) is 2.23. The lowest BCUT2D eigenvalue weighted by Crippen LogP contribution is -2.04. The van der Waals surface area contributed by atoms with Crippen molar-refractivity contribution in [1.82, 2.24) is 0 Å². The van der Waals surface area contributed by atoms with Gasteiger partial charge in [-0.3, -0.25) is 0 Å². The molecule has 1 aliphatic rings. The van der Waals surface area contributed by atoms with Crippen LogP contribution in [0.5, 0.6) is 5.75 Å². The summed E-state index contributed by atoms with van der Waals surface area (Å²) < 4.78 is 5.42. The number of nitrogens with zero attached hydrogens (tertiary/aromatic N) is 1. The molecule has 0 fully saturated rings. The van der Waals surface area contributed by atoms with E-state index in [0.29, 0.717) is 6.54 Å². The van der Waals surface area contributed by atoms with Gasteiger partial charge in [0.1, 0.15) is 5.75 Å². The number of benzene rings is 1. The fourth-order valence-electron chi connectivity index (χ4n) is 1.52. The smallest absolute Gasteiger partial charge is 0.124 e. The second-order valence-corrected chi connectivity index (χ2v) is 3.20. The summed E-state index contributed by atoms with van der Waals surface area (Å²) >= 11 is 0. The summed E-state index contributed by atoms with van der Waals surface area (Å²) in [5.41, 5.74) is 2.23. The number of fused-ring (bicyclic) bond motifs is 1. The molecule has 0 atom stereocenters. The number of hydrogen-bond donors (Lipinski definition) is 1. The van der Waals surface area contributed by atoms with E-state index in [0.717, 1.165) is 24.5 Å². The highest BCUT2D eigenvalue weighted by atomic mass is 16.5. The molecule has 1 aromatic rings. The topological polar surface area (TPSA) is 50.7 Å². The van der Waals surface area contributed by atoms with Gasteiger partial charge in [0.05, 0.1) is 13.2 Å². The standard InChI is InChI=1S/C10H12N2O2/c13-12-5-4-11-9-2-1-8-3-6-14-10(8)7-9/h1-2,7,11H,3-6H2. The molecule has 1 N–H and O–H groups in total. The molecule has 0 bridgehead atoms. The molecule has 2 rings (SSSR count). The minimum atomic E-state index is 0.290. The Hall–Kier alpha value is -1.58. The molecule has 0 radical (unpaired) electrons. The van der Waals surface area contributed by atoms with Gasteiger partial charge < -0.3 is 10.1 Å². The summed E-state index contributed by atoms with van der Waals surface area (Å²) in [7, 11) is 0. The zero-order valence-corrected chi connectivity index (χ0v) is 7.82. The van der Waals surface area contributed by atoms with E-state index in [9.17, 15) is 4.91 Å². The lowest BCUT2D eigenvalue weighted by molar-refractivity contribution is 0.357. The monoisotopic (exact) mass is 192 g/mol. The van der Waals surface area contributed by atoms with Crippen LogP contribution in [0.2, 0.25) is 0 Å². The second kappa shape index (κ2) is 4.09. The van der Waals surface area contributed by atoms with Crippen molar-refractivity contribution in [2.75, 3.05) is 25.0 Å². The van der Waals surface area contributed by atoms with Crippen LogP contribution in [-0.2, 0) is 6.42 Å². The van der Waals surface area contributed by atoms with Gasteiger partial charge in [-0.15, -0.1) is 0 Å². The van der Waals surface area contributed by atoms with Crippen molar-refractivity contribution in [3.63, 3.8) is 0 Å². The maximum atomic E-state index is 9.87. The molecule has 4 nitrogen and oxygen atoms in total. The van der Waals surface area contributed by atoms with Crippen LogP contribution >= 0.6 is 0 Å². The summed E-state index contributed by atoms with van der Waals surface area (Å²) in [5.74, 6) is 0.953. The van der Waals surface area contributed by atoms with Gasteiger partial charge in [0.15, 0.2) is 0 Å². The third kappa shape index (κ3) is 1.84. The first-order valence-electron chi connectivity index (χ1n) is 4.69. The second-order valence-electron chi connectivity index (χ2n) is 3.20. The van der Waals surface area contributed by atoms with E-state index in [2.05, 4.69) is 16.6 Å². The molecular weight excluding hydrogens is 180 g/mol. The van der Waals surface area contributed by atoms with Crippen LogP contribution in [0.15, 0.2) is 23.4 Å². The van der Waals surface area contributed by atoms with Gasteiger partial charge in [0, 0.05) is 24.7 Å². The van der Waals surface area contributed by atoms with Crippen molar-refractivity contribution < 1.29 is 4.74 Å². The van der Waals surface area contributed by atoms with Crippen LogP contribution in [-0.4, -0.2) is 19.7 Å². The van der Waals surface area contributed by atoms with Gasteiger partial charge in [0.2, 0.25) is 0 Å². The van der Waals surface area contributed by atoms with E-state index in [1.54, 1.807) is 0 Å². The van der Waals surface area contributed by atoms with E-state index in [1.807, 2.05) is 12.1 Å². The molecule has 0 amide bonds. The molecule has 0 aromatic heterocycles. The first-order valence-corrected chi connectivity index (χ1v) is 4.69. The van der Waals surface area contributed by atoms with Crippen LogP contribution in [0.25, 0.3) is 0 Å². The molecule has 0 unspecified atom stereocenters. The Morgan fingerprint density at radius 1 is 1.50 bits per heavy atom. The number of rotatable bonds is 4. The average molecular weight is 192 g/mol. The van der Waals surface area contributed by atoms with E-state index in [1.165, 1.54) is 5.56 Å². The first-order chi connectivity index (χ1) is 6.90. The molecule has 0 saturated heterocycles. The van der Waals surface area contributed by atoms with Crippen LogP contribution < -0.4 is 10.1 Å². The number of nitrogens with one attached hydrogen (secondary N) is 1. The lowest BCUT2D eigenvalue weighted by Gasteiger charge is -2.05. The van der Waals surface area contributed by atoms with Crippen molar-refractivity contribution in [2.24, 2.45) is 5.18 Å². The van der Waals surface area contributed by atoms with Crippen LogP contribution in [0.3, 0.4) is 0 Å². The molecule has 74 valence electrons. The Balaban J connectivity index is 2.01. The summed E-state index contributed by atoms with van der Waals surface area (Å²) in [5, 5.41) is 5.88. The highest BCUT2D eigenvalue weighted by Gasteiger charge is 2.11. The quantitative estimate of drug-likeness (QED) is 0.584. The van der Waals surface area contributed by atoms with Crippen LogP contribution in [0.4, 0.5) is 5.69 Å². The number of anilines is 1. The van der Waals surface area contributed by atoms with Crippen molar-refractivity contribution in [3.05, 3.63) is 28.7 Å². The van der Waals surface area contributed by atoms with Gasteiger partial charge in [-0.1, -0.05) is 11.2 Å². The number of ether oxygens (including phenoxy) is 1. The molecule has 0 aliphatic carbocycles. The fourth-order valence-corrected chi connectivity index (χ4v) is 1.52. The summed E-state index contributed by atoms with van der Waals surface area (Å²) in [4.78, 5) is 9.87. The number of hydrogen-bond acceptors (Lipinski definition) is 4. The van der Waals surface area contributed by atoms with Crippen LogP contribution in [0, 0.1) is 4.91 Å². The van der Waals surface area contributed by atoms with E-state index >= 15 is 0 Å². The molecule has 1 heterocycles. The van der Waals surface area contributed by atoms with E-state index in [4.69, 9.17) is 4.74 Å². The Morgan fingerprint density at radius 2 is 2.43 bits per heavy atom. The maximum Gasteiger partial charge on any atom is 0.124 e. The molecule has 4 heteroatoms. The maximum absolute atomic E-state index is 9.87. The van der Waals surface area contributed by atoms with Crippen molar-refractivity contribution >= 4 is 5.69 Å². The molecule has 14 heavy (non-hydrogen) atoms. The van der Waals surface area contributed by atoms with Gasteiger partial charge >= 0.3 is 0 Å². The Labute approximate surface area is 82.2 Å². The van der Waals surface area contributed by atoms with Gasteiger partial charge in [-0.25, -0.2) is 0 Å². The predicted octanol–water partition coefficient (Wildman–Crippen LogP) is 1.80. The Bertz CT molecular complexity index is 339. The Kier molecular flexibility index (Phi) is 2.62.